The molecule has 6 heteroatoms. The van der Waals surface area contributed by atoms with Crippen LogP contribution in [0.15, 0.2) is 27.7 Å². The van der Waals surface area contributed by atoms with Gasteiger partial charge in [-0.1, -0.05) is 28.4 Å². The van der Waals surface area contributed by atoms with Gasteiger partial charge < -0.3 is 15.5 Å². The molecule has 2 aliphatic rings. The van der Waals surface area contributed by atoms with Crippen LogP contribution in [0.3, 0.4) is 0 Å². The number of halogens is 2. The number of fused-ring (bicyclic) bond motifs is 2. The molecule has 2 heterocycles. The molecular formula is C19H28BrFN4. The van der Waals surface area contributed by atoms with Crippen LogP contribution in [-0.2, 0) is 6.54 Å². The largest absolute Gasteiger partial charge is 0.357 e. The van der Waals surface area contributed by atoms with Gasteiger partial charge in [-0.3, -0.25) is 0 Å². The lowest BCUT2D eigenvalue weighted by atomic mass is 9.82. The Morgan fingerprint density at radius 3 is 2.68 bits per heavy atom. The van der Waals surface area contributed by atoms with Crippen molar-refractivity contribution >= 4 is 21.9 Å². The zero-order chi connectivity index (χ0) is 17.8. The first-order valence-corrected chi connectivity index (χ1v) is 10.1. The van der Waals surface area contributed by atoms with E-state index in [2.05, 4.69) is 50.4 Å². The molecule has 1 aromatic carbocycles. The molecule has 0 saturated carbocycles. The first kappa shape index (κ1) is 18.6. The van der Waals surface area contributed by atoms with E-state index in [1.54, 1.807) is 6.07 Å². The molecule has 3 rings (SSSR count). The van der Waals surface area contributed by atoms with E-state index in [1.807, 2.05) is 6.07 Å². The van der Waals surface area contributed by atoms with E-state index in [1.165, 1.54) is 25.3 Å². The summed E-state index contributed by atoms with van der Waals surface area (Å²) < 4.78 is 14.7. The van der Waals surface area contributed by atoms with Gasteiger partial charge in [0.15, 0.2) is 5.96 Å². The fourth-order valence-electron chi connectivity index (χ4n) is 4.06. The molecule has 0 radical (unpaired) electrons. The van der Waals surface area contributed by atoms with Crippen molar-refractivity contribution in [1.29, 1.82) is 0 Å². The van der Waals surface area contributed by atoms with Crippen LogP contribution in [0.25, 0.3) is 0 Å². The lowest BCUT2D eigenvalue weighted by molar-refractivity contribution is 0.0526. The smallest absolute Gasteiger partial charge is 0.191 e. The number of nitrogens with one attached hydrogen (secondary N) is 2. The van der Waals surface area contributed by atoms with Gasteiger partial charge in [0.05, 0.1) is 6.54 Å². The maximum Gasteiger partial charge on any atom is 0.191 e. The Kier molecular flexibility index (Phi) is 6.34. The molecule has 4 nitrogen and oxygen atoms in total. The number of rotatable bonds is 4. The summed E-state index contributed by atoms with van der Waals surface area (Å²) in [6, 6.07) is 6.93. The highest BCUT2D eigenvalue weighted by atomic mass is 79.9. The topological polar surface area (TPSA) is 39.7 Å². The molecule has 2 aliphatic heterocycles. The molecule has 0 amide bonds. The third-order valence-corrected chi connectivity index (χ3v) is 5.94. The molecule has 0 spiro atoms. The van der Waals surface area contributed by atoms with Gasteiger partial charge in [-0.05, 0) is 51.8 Å². The van der Waals surface area contributed by atoms with Crippen LogP contribution < -0.4 is 10.6 Å². The van der Waals surface area contributed by atoms with E-state index < -0.39 is 0 Å². The zero-order valence-corrected chi connectivity index (χ0v) is 16.7. The summed E-state index contributed by atoms with van der Waals surface area (Å²) in [6.45, 7) is 3.20. The van der Waals surface area contributed by atoms with E-state index in [0.29, 0.717) is 30.2 Å². The van der Waals surface area contributed by atoms with Crippen LogP contribution in [0.5, 0.6) is 0 Å². The molecule has 2 unspecified atom stereocenters. The van der Waals surface area contributed by atoms with Crippen molar-refractivity contribution in [2.45, 2.75) is 63.7 Å². The Morgan fingerprint density at radius 2 is 2.04 bits per heavy atom. The third-order valence-electron chi connectivity index (χ3n) is 5.45. The Hall–Kier alpha value is -1.14. The number of piperidine rings is 2. The molecule has 2 atom stereocenters. The van der Waals surface area contributed by atoms with Crippen molar-refractivity contribution in [2.24, 2.45) is 4.99 Å². The minimum atomic E-state index is -0.220. The normalized spacial score (nSPS) is 27.2. The van der Waals surface area contributed by atoms with Gasteiger partial charge in [-0.15, -0.1) is 0 Å². The lowest BCUT2D eigenvalue weighted by Crippen LogP contribution is -2.56. The fourth-order valence-corrected chi connectivity index (χ4v) is 4.39. The molecule has 138 valence electrons. The molecule has 2 bridgehead atoms. The Labute approximate surface area is 158 Å². The molecule has 2 N–H and O–H groups in total. The second-order valence-corrected chi connectivity index (χ2v) is 8.06. The first-order valence-electron chi connectivity index (χ1n) is 9.27. The van der Waals surface area contributed by atoms with Crippen LogP contribution in [-0.4, -0.2) is 42.6 Å². The fraction of sp³-hybridized carbons (Fsp3) is 0.632. The van der Waals surface area contributed by atoms with Crippen LogP contribution in [0, 0.1) is 5.82 Å². The number of aliphatic imine (C=N–C) groups is 1. The summed E-state index contributed by atoms with van der Waals surface area (Å²) in [5, 5.41) is 6.89. The highest BCUT2D eigenvalue weighted by Crippen LogP contribution is 2.32. The summed E-state index contributed by atoms with van der Waals surface area (Å²) in [5.74, 6) is 0.570. The van der Waals surface area contributed by atoms with Gasteiger partial charge in [-0.2, -0.15) is 0 Å². The number of nitrogens with zero attached hydrogens (tertiary/aromatic N) is 2. The SMILES string of the molecule is CCNC(=NCc1ccc(Br)cc1F)NC1CC2CCCC(C1)N2C. The quantitative estimate of drug-likeness (QED) is 0.587. The van der Waals surface area contributed by atoms with Crippen molar-refractivity contribution < 1.29 is 4.39 Å². The van der Waals surface area contributed by atoms with E-state index >= 15 is 0 Å². The maximum atomic E-state index is 14.0. The molecule has 2 saturated heterocycles. The molecule has 0 aliphatic carbocycles. The van der Waals surface area contributed by atoms with E-state index in [9.17, 15) is 4.39 Å². The predicted molar refractivity (Wildman–Crippen MR) is 104 cm³/mol. The number of benzene rings is 1. The van der Waals surface area contributed by atoms with Gasteiger partial charge in [0.2, 0.25) is 0 Å². The van der Waals surface area contributed by atoms with E-state index in [0.717, 1.165) is 29.8 Å². The van der Waals surface area contributed by atoms with Gasteiger partial charge in [0.25, 0.3) is 0 Å². The van der Waals surface area contributed by atoms with Crippen LogP contribution in [0.2, 0.25) is 0 Å². The zero-order valence-electron chi connectivity index (χ0n) is 15.1. The predicted octanol–water partition coefficient (Wildman–Crippen LogP) is 3.66. The summed E-state index contributed by atoms with van der Waals surface area (Å²) in [6.07, 6.45) is 6.25. The van der Waals surface area contributed by atoms with Crippen LogP contribution in [0.4, 0.5) is 4.39 Å². The van der Waals surface area contributed by atoms with Crippen molar-refractivity contribution in [3.63, 3.8) is 0 Å². The minimum Gasteiger partial charge on any atom is -0.357 e. The average molecular weight is 411 g/mol. The second kappa shape index (κ2) is 8.49. The minimum absolute atomic E-state index is 0.220. The highest BCUT2D eigenvalue weighted by Gasteiger charge is 2.36. The van der Waals surface area contributed by atoms with Crippen LogP contribution in [0.1, 0.15) is 44.6 Å². The van der Waals surface area contributed by atoms with Crippen molar-refractivity contribution in [3.8, 4) is 0 Å². The van der Waals surface area contributed by atoms with E-state index in [-0.39, 0.29) is 5.82 Å². The van der Waals surface area contributed by atoms with Gasteiger partial charge in [0, 0.05) is 34.7 Å². The monoisotopic (exact) mass is 410 g/mol. The van der Waals surface area contributed by atoms with Crippen molar-refractivity contribution in [2.75, 3.05) is 13.6 Å². The van der Waals surface area contributed by atoms with Crippen molar-refractivity contribution in [3.05, 3.63) is 34.1 Å². The first-order chi connectivity index (χ1) is 12.1. The number of hydrogen-bond acceptors (Lipinski definition) is 2. The summed E-state index contributed by atoms with van der Waals surface area (Å²) in [7, 11) is 2.26. The number of hydrogen-bond donors (Lipinski definition) is 2. The summed E-state index contributed by atoms with van der Waals surface area (Å²) in [5.41, 5.74) is 0.612. The van der Waals surface area contributed by atoms with Gasteiger partial charge >= 0.3 is 0 Å². The Morgan fingerprint density at radius 1 is 1.32 bits per heavy atom. The number of guanidine groups is 1. The Bertz CT molecular complexity index is 607. The third kappa shape index (κ3) is 4.73. The van der Waals surface area contributed by atoms with E-state index in [4.69, 9.17) is 0 Å². The van der Waals surface area contributed by atoms with Gasteiger partial charge in [-0.25, -0.2) is 9.38 Å². The maximum absolute atomic E-state index is 14.0. The highest BCUT2D eigenvalue weighted by molar-refractivity contribution is 9.10. The molecule has 1 aromatic rings. The van der Waals surface area contributed by atoms with Crippen LogP contribution >= 0.6 is 15.9 Å². The molecule has 25 heavy (non-hydrogen) atoms. The molecule has 0 aromatic heterocycles. The molecular weight excluding hydrogens is 383 g/mol. The van der Waals surface area contributed by atoms with Crippen molar-refractivity contribution in [1.82, 2.24) is 15.5 Å². The lowest BCUT2D eigenvalue weighted by Gasteiger charge is -2.47. The molecule has 2 fully saturated rings. The summed E-state index contributed by atoms with van der Waals surface area (Å²) in [4.78, 5) is 7.17. The Balaban J connectivity index is 1.64. The average Bonchev–Trinajstić information content (AvgIpc) is 2.55. The summed E-state index contributed by atoms with van der Waals surface area (Å²) >= 11 is 3.29. The van der Waals surface area contributed by atoms with Gasteiger partial charge in [0.1, 0.15) is 5.82 Å². The second-order valence-electron chi connectivity index (χ2n) is 7.15. The standard InChI is InChI=1S/C19H28BrFN4/c1-3-22-19(23-12-13-7-8-14(20)9-18(13)21)24-15-10-16-5-4-6-17(11-15)25(16)2/h7-9,15-17H,3-6,10-12H2,1-2H3,(H2,22,23,24).